The fraction of sp³-hybridized carbons (Fsp3) is 0.286. The zero-order valence-corrected chi connectivity index (χ0v) is 11.3. The number of amides is 2. The van der Waals surface area contributed by atoms with Crippen LogP contribution in [0, 0.1) is 0 Å². The van der Waals surface area contributed by atoms with Crippen molar-refractivity contribution >= 4 is 23.8 Å². The number of anilines is 1. The van der Waals surface area contributed by atoms with Gasteiger partial charge in [-0.3, -0.25) is 0 Å². The summed E-state index contributed by atoms with van der Waals surface area (Å²) >= 11 is 0. The molecule has 0 aliphatic rings. The summed E-state index contributed by atoms with van der Waals surface area (Å²) in [6, 6.07) is 6.52. The van der Waals surface area contributed by atoms with Crippen molar-refractivity contribution in [1.29, 1.82) is 0 Å². The Hall–Kier alpha value is -2.34. The zero-order chi connectivity index (χ0) is 14.8. The van der Waals surface area contributed by atoms with E-state index in [1.807, 2.05) is 6.92 Å². The molecule has 0 saturated carbocycles. The number of aliphatic carboxylic acids is 1. The molecule has 0 heterocycles. The van der Waals surface area contributed by atoms with Gasteiger partial charge in [0.05, 0.1) is 6.61 Å². The van der Waals surface area contributed by atoms with Crippen molar-refractivity contribution in [3.63, 3.8) is 0 Å². The van der Waals surface area contributed by atoms with Crippen LogP contribution in [0.4, 0.5) is 10.5 Å². The Bertz CT molecular complexity index is 469. The Kier molecular flexibility index (Phi) is 6.84. The number of urea groups is 1. The number of carboxylic acid groups (broad SMARTS) is 1. The maximum absolute atomic E-state index is 11.5. The Morgan fingerprint density at radius 3 is 2.60 bits per heavy atom. The summed E-state index contributed by atoms with van der Waals surface area (Å²) < 4.78 is 5.10. The lowest BCUT2D eigenvalue weighted by Crippen LogP contribution is -2.31. The molecule has 0 bridgehead atoms. The first-order valence-electron chi connectivity index (χ1n) is 6.25. The lowest BCUT2D eigenvalue weighted by Gasteiger charge is -2.07. The van der Waals surface area contributed by atoms with Gasteiger partial charge >= 0.3 is 12.0 Å². The van der Waals surface area contributed by atoms with Gasteiger partial charge in [-0.15, -0.1) is 0 Å². The summed E-state index contributed by atoms with van der Waals surface area (Å²) in [4.78, 5) is 21.9. The molecule has 0 radical (unpaired) electrons. The van der Waals surface area contributed by atoms with Crippen molar-refractivity contribution in [2.75, 3.05) is 25.1 Å². The van der Waals surface area contributed by atoms with Gasteiger partial charge in [0.15, 0.2) is 0 Å². The average molecular weight is 278 g/mol. The van der Waals surface area contributed by atoms with Crippen LogP contribution in [0.1, 0.15) is 12.5 Å². The van der Waals surface area contributed by atoms with E-state index >= 15 is 0 Å². The maximum Gasteiger partial charge on any atom is 0.328 e. The number of nitrogens with one attached hydrogen (secondary N) is 2. The van der Waals surface area contributed by atoms with Crippen LogP contribution in [0.5, 0.6) is 0 Å². The molecule has 108 valence electrons. The molecule has 1 aromatic carbocycles. The fourth-order valence-electron chi connectivity index (χ4n) is 1.40. The van der Waals surface area contributed by atoms with E-state index in [0.717, 1.165) is 11.6 Å². The van der Waals surface area contributed by atoms with Crippen LogP contribution >= 0.6 is 0 Å². The first-order chi connectivity index (χ1) is 9.61. The number of carboxylic acids is 1. The van der Waals surface area contributed by atoms with Gasteiger partial charge in [-0.25, -0.2) is 9.59 Å². The molecule has 0 aromatic heterocycles. The van der Waals surface area contributed by atoms with Crippen LogP contribution in [0.3, 0.4) is 0 Å². The summed E-state index contributed by atoms with van der Waals surface area (Å²) in [5, 5.41) is 13.8. The van der Waals surface area contributed by atoms with Gasteiger partial charge in [0.1, 0.15) is 0 Å². The standard InChI is InChI=1S/C14H18N2O4/c1-2-20-10-9-15-14(19)16-12-6-3-11(4-7-12)5-8-13(17)18/h3-8H,2,9-10H2,1H3,(H,17,18)(H2,15,16,19). The average Bonchev–Trinajstić information content (AvgIpc) is 2.43. The van der Waals surface area contributed by atoms with Crippen molar-refractivity contribution < 1.29 is 19.4 Å². The number of carbonyl (C=O) groups excluding carboxylic acids is 1. The van der Waals surface area contributed by atoms with E-state index in [2.05, 4.69) is 10.6 Å². The normalized spacial score (nSPS) is 10.4. The lowest BCUT2D eigenvalue weighted by atomic mass is 10.2. The van der Waals surface area contributed by atoms with E-state index in [0.29, 0.717) is 25.4 Å². The minimum Gasteiger partial charge on any atom is -0.478 e. The highest BCUT2D eigenvalue weighted by Gasteiger charge is 2.00. The van der Waals surface area contributed by atoms with Crippen LogP contribution in [0.25, 0.3) is 6.08 Å². The molecule has 3 N–H and O–H groups in total. The van der Waals surface area contributed by atoms with Crippen LogP contribution in [0.2, 0.25) is 0 Å². The predicted molar refractivity (Wildman–Crippen MR) is 76.6 cm³/mol. The molecule has 0 aliphatic heterocycles. The Labute approximate surface area is 117 Å². The van der Waals surface area contributed by atoms with Crippen LogP contribution in [0.15, 0.2) is 30.3 Å². The highest BCUT2D eigenvalue weighted by Crippen LogP contribution is 2.10. The van der Waals surface area contributed by atoms with E-state index in [1.165, 1.54) is 6.08 Å². The van der Waals surface area contributed by atoms with E-state index in [9.17, 15) is 9.59 Å². The van der Waals surface area contributed by atoms with Crippen LogP contribution in [-0.2, 0) is 9.53 Å². The first-order valence-corrected chi connectivity index (χ1v) is 6.25. The van der Waals surface area contributed by atoms with E-state index in [1.54, 1.807) is 24.3 Å². The summed E-state index contributed by atoms with van der Waals surface area (Å²) in [7, 11) is 0. The molecule has 6 heteroatoms. The largest absolute Gasteiger partial charge is 0.478 e. The Balaban J connectivity index is 2.41. The topological polar surface area (TPSA) is 87.7 Å². The van der Waals surface area contributed by atoms with Gasteiger partial charge in [-0.2, -0.15) is 0 Å². The second-order valence-electron chi connectivity index (χ2n) is 3.87. The van der Waals surface area contributed by atoms with E-state index < -0.39 is 5.97 Å². The van der Waals surface area contributed by atoms with E-state index in [4.69, 9.17) is 9.84 Å². The summed E-state index contributed by atoms with van der Waals surface area (Å²) in [6.45, 7) is 3.43. The van der Waals surface area contributed by atoms with Gasteiger partial charge in [0.25, 0.3) is 0 Å². The molecule has 0 saturated heterocycles. The van der Waals surface area contributed by atoms with Crippen molar-refractivity contribution in [3.05, 3.63) is 35.9 Å². The highest BCUT2D eigenvalue weighted by atomic mass is 16.5. The molecule has 6 nitrogen and oxygen atoms in total. The number of hydrogen-bond acceptors (Lipinski definition) is 3. The first kappa shape index (κ1) is 15.7. The number of ether oxygens (including phenoxy) is 1. The third-order valence-corrected chi connectivity index (χ3v) is 2.32. The van der Waals surface area contributed by atoms with E-state index in [-0.39, 0.29) is 6.03 Å². The molecule has 0 aliphatic carbocycles. The fourth-order valence-corrected chi connectivity index (χ4v) is 1.40. The number of rotatable bonds is 7. The maximum atomic E-state index is 11.5. The Morgan fingerprint density at radius 1 is 1.30 bits per heavy atom. The van der Waals surface area contributed by atoms with Crippen LogP contribution in [-0.4, -0.2) is 36.9 Å². The minimum atomic E-state index is -0.999. The molecule has 1 rings (SSSR count). The summed E-state index contributed by atoms with van der Waals surface area (Å²) in [6.07, 6.45) is 2.54. The summed E-state index contributed by atoms with van der Waals surface area (Å²) in [5.41, 5.74) is 1.38. The molecular weight excluding hydrogens is 260 g/mol. The molecule has 20 heavy (non-hydrogen) atoms. The third-order valence-electron chi connectivity index (χ3n) is 2.32. The van der Waals surface area contributed by atoms with Gasteiger partial charge < -0.3 is 20.5 Å². The van der Waals surface area contributed by atoms with Gasteiger partial charge in [0.2, 0.25) is 0 Å². The zero-order valence-electron chi connectivity index (χ0n) is 11.3. The van der Waals surface area contributed by atoms with Gasteiger partial charge in [-0.05, 0) is 30.7 Å². The molecule has 0 fully saturated rings. The molecule has 0 unspecified atom stereocenters. The summed E-state index contributed by atoms with van der Waals surface area (Å²) in [5.74, 6) is -0.999. The van der Waals surface area contributed by atoms with Crippen molar-refractivity contribution in [2.45, 2.75) is 6.92 Å². The Morgan fingerprint density at radius 2 is 2.00 bits per heavy atom. The van der Waals surface area contributed by atoms with Gasteiger partial charge in [-0.1, -0.05) is 12.1 Å². The highest BCUT2D eigenvalue weighted by molar-refractivity contribution is 5.89. The number of carbonyl (C=O) groups is 2. The monoisotopic (exact) mass is 278 g/mol. The molecule has 1 aromatic rings. The number of hydrogen-bond donors (Lipinski definition) is 3. The second kappa shape index (κ2) is 8.71. The molecule has 0 spiro atoms. The number of benzene rings is 1. The van der Waals surface area contributed by atoms with Crippen molar-refractivity contribution in [1.82, 2.24) is 5.32 Å². The SMILES string of the molecule is CCOCCNC(=O)Nc1ccc(C=CC(=O)O)cc1. The van der Waals surface area contributed by atoms with Crippen LogP contribution < -0.4 is 10.6 Å². The minimum absolute atomic E-state index is 0.307. The lowest BCUT2D eigenvalue weighted by molar-refractivity contribution is -0.131. The molecule has 0 atom stereocenters. The molecular formula is C14H18N2O4. The quantitative estimate of drug-likeness (QED) is 0.525. The van der Waals surface area contributed by atoms with Crippen molar-refractivity contribution in [3.8, 4) is 0 Å². The second-order valence-corrected chi connectivity index (χ2v) is 3.87. The predicted octanol–water partition coefficient (Wildman–Crippen LogP) is 1.94. The smallest absolute Gasteiger partial charge is 0.328 e. The van der Waals surface area contributed by atoms with Crippen molar-refractivity contribution in [2.24, 2.45) is 0 Å². The van der Waals surface area contributed by atoms with Gasteiger partial charge in [0, 0.05) is 24.9 Å². The molecule has 2 amide bonds. The third kappa shape index (κ3) is 6.55.